The molecular weight excluding hydrogens is 909 g/mol. The van der Waals surface area contributed by atoms with Gasteiger partial charge in [-0.25, -0.2) is 4.79 Å². The maximum atomic E-state index is 14.3. The minimum Gasteiger partial charge on any atom is -0.497 e. The molecule has 16 heteroatoms. The van der Waals surface area contributed by atoms with Crippen LogP contribution in [-0.2, 0) is 32.9 Å². The Balaban J connectivity index is 0.000000176. The molecule has 4 aliphatic heterocycles. The van der Waals surface area contributed by atoms with Crippen molar-refractivity contribution >= 4 is 29.3 Å². The van der Waals surface area contributed by atoms with Crippen LogP contribution < -0.4 is 24.8 Å². The van der Waals surface area contributed by atoms with Gasteiger partial charge in [0.15, 0.2) is 11.4 Å². The number of carbonyl (C=O) groups excluding carboxylic acids is 4. The summed E-state index contributed by atoms with van der Waals surface area (Å²) < 4.78 is 40.7. The van der Waals surface area contributed by atoms with Gasteiger partial charge in [0, 0.05) is 43.3 Å². The lowest BCUT2D eigenvalue weighted by Gasteiger charge is -2.45. The largest absolute Gasteiger partial charge is 0.497 e. The summed E-state index contributed by atoms with van der Waals surface area (Å²) in [6.07, 6.45) is 8.00. The number of benzene rings is 4. The Kier molecular flexibility index (Phi) is 14.7. The van der Waals surface area contributed by atoms with E-state index in [0.717, 1.165) is 42.0 Å². The molecule has 2 aliphatic carbocycles. The molecule has 14 nitrogen and oxygen atoms in total. The van der Waals surface area contributed by atoms with Crippen molar-refractivity contribution < 1.29 is 42.2 Å². The first kappa shape index (κ1) is 49.9. The Hall–Kier alpha value is -6.10. The van der Waals surface area contributed by atoms with Crippen molar-refractivity contribution in [2.45, 2.75) is 93.5 Å². The molecule has 4 amide bonds. The molecule has 2 saturated carbocycles. The summed E-state index contributed by atoms with van der Waals surface area (Å²) in [6, 6.07) is 30.1. The number of methoxy groups -OCH3 is 2. The highest BCUT2D eigenvalue weighted by Crippen LogP contribution is 2.52. The second-order valence-corrected chi connectivity index (χ2v) is 20.0. The zero-order valence-electron chi connectivity index (χ0n) is 41.3. The summed E-state index contributed by atoms with van der Waals surface area (Å²) in [5.74, 6) is 2.32. The van der Waals surface area contributed by atoms with Crippen LogP contribution in [0.1, 0.15) is 79.5 Å². The number of urea groups is 1. The fourth-order valence-corrected chi connectivity index (χ4v) is 11.3. The first-order valence-corrected chi connectivity index (χ1v) is 25.1. The van der Waals surface area contributed by atoms with E-state index >= 15 is 0 Å². The van der Waals surface area contributed by atoms with Crippen LogP contribution in [0.5, 0.6) is 17.2 Å². The third-order valence-corrected chi connectivity index (χ3v) is 15.9. The van der Waals surface area contributed by atoms with Gasteiger partial charge in [0.25, 0.3) is 0 Å². The molecule has 4 aromatic rings. The molecule has 0 radical (unpaired) electrons. The molecule has 1 atom stereocenters. The molecule has 0 bridgehead atoms. The van der Waals surface area contributed by atoms with Crippen LogP contribution in [0.25, 0.3) is 0 Å². The van der Waals surface area contributed by atoms with Crippen molar-refractivity contribution in [3.8, 4) is 17.2 Å². The number of alkyl halides is 2. The molecule has 4 saturated heterocycles. The molecule has 71 heavy (non-hydrogen) atoms. The SMILES string of the molecule is COc1ccc(CCN2C(=O)C3(CCNCC3)N(C)C2(C(=O)C2CC2)c2ccc(OC(F)F)cc2)cc1.COc1ccc(CCN2CN(C)C3(CCN(C(=O)Nc4ccc(C5CC5)cc4)CC3)C2=O)cc1. The van der Waals surface area contributed by atoms with Gasteiger partial charge >= 0.3 is 12.6 Å². The molecule has 4 aromatic carbocycles. The third-order valence-electron chi connectivity index (χ3n) is 15.9. The summed E-state index contributed by atoms with van der Waals surface area (Å²) in [5.41, 5.74) is 2.38. The van der Waals surface area contributed by atoms with E-state index in [2.05, 4.69) is 44.5 Å². The number of ether oxygens (including phenoxy) is 3. The Morgan fingerprint density at radius 3 is 1.80 bits per heavy atom. The number of hydrogen-bond acceptors (Lipinski definition) is 10. The number of carbonyl (C=O) groups is 4. The van der Waals surface area contributed by atoms with Crippen LogP contribution in [0, 0.1) is 5.92 Å². The minimum absolute atomic E-state index is 0.00369. The number of nitrogens with one attached hydrogen (secondary N) is 2. The van der Waals surface area contributed by atoms with Crippen molar-refractivity contribution in [1.29, 1.82) is 0 Å². The van der Waals surface area contributed by atoms with Crippen molar-refractivity contribution in [2.24, 2.45) is 5.92 Å². The lowest BCUT2D eigenvalue weighted by Crippen LogP contribution is -2.60. The quantitative estimate of drug-likeness (QED) is 0.124. The average Bonchev–Trinajstić information content (AvgIpc) is 4.35. The highest BCUT2D eigenvalue weighted by atomic mass is 19.3. The highest BCUT2D eigenvalue weighted by Gasteiger charge is 2.68. The first-order valence-electron chi connectivity index (χ1n) is 25.1. The maximum absolute atomic E-state index is 14.3. The van der Waals surface area contributed by atoms with Crippen molar-refractivity contribution in [2.75, 3.05) is 79.6 Å². The minimum atomic E-state index is -2.94. The molecular formula is C55H67F2N7O7. The summed E-state index contributed by atoms with van der Waals surface area (Å²) in [6.45, 7) is 1.24. The highest BCUT2D eigenvalue weighted by molar-refractivity contribution is 6.02. The Labute approximate surface area is 415 Å². The number of piperidine rings is 2. The van der Waals surface area contributed by atoms with E-state index in [0.29, 0.717) is 89.5 Å². The normalized spacial score (nSPS) is 21.9. The predicted molar refractivity (Wildman–Crippen MR) is 266 cm³/mol. The smallest absolute Gasteiger partial charge is 0.387 e. The molecule has 378 valence electrons. The van der Waals surface area contributed by atoms with Gasteiger partial charge in [0.05, 0.1) is 20.9 Å². The van der Waals surface area contributed by atoms with E-state index in [1.165, 1.54) is 36.1 Å². The zero-order chi connectivity index (χ0) is 49.9. The summed E-state index contributed by atoms with van der Waals surface area (Å²) >= 11 is 0. The van der Waals surface area contributed by atoms with Gasteiger partial charge < -0.3 is 39.5 Å². The van der Waals surface area contributed by atoms with Crippen molar-refractivity contribution in [3.63, 3.8) is 0 Å². The number of hydrogen-bond donors (Lipinski definition) is 2. The molecule has 1 unspecified atom stereocenters. The predicted octanol–water partition coefficient (Wildman–Crippen LogP) is 7.48. The van der Waals surface area contributed by atoms with Crippen molar-refractivity contribution in [3.05, 3.63) is 119 Å². The van der Waals surface area contributed by atoms with Gasteiger partial charge in [-0.1, -0.05) is 48.5 Å². The second kappa shape index (κ2) is 20.9. The Morgan fingerprint density at radius 1 is 0.704 bits per heavy atom. The van der Waals surface area contributed by atoms with Gasteiger partial charge in [-0.2, -0.15) is 8.78 Å². The molecule has 10 rings (SSSR count). The fourth-order valence-electron chi connectivity index (χ4n) is 11.3. The molecule has 6 aliphatic rings. The zero-order valence-corrected chi connectivity index (χ0v) is 41.3. The number of Topliss-reactive ketones (excluding diaryl/α,β-unsaturated/α-hetero) is 1. The maximum Gasteiger partial charge on any atom is 0.387 e. The van der Waals surface area contributed by atoms with E-state index in [1.54, 1.807) is 31.3 Å². The number of likely N-dealkylation sites (N-methyl/N-ethyl adjacent to an activating group) is 2. The van der Waals surface area contributed by atoms with Gasteiger partial charge in [0.1, 0.15) is 28.3 Å². The van der Waals surface area contributed by atoms with Gasteiger partial charge in [-0.15, -0.1) is 0 Å². The molecule has 2 N–H and O–H groups in total. The Bertz CT molecular complexity index is 2510. The fraction of sp³-hybridized carbons (Fsp3) is 0.491. The van der Waals surface area contributed by atoms with E-state index in [4.69, 9.17) is 9.47 Å². The average molecular weight is 976 g/mol. The summed E-state index contributed by atoms with van der Waals surface area (Å²) in [4.78, 5) is 64.5. The van der Waals surface area contributed by atoms with E-state index in [1.807, 2.05) is 77.3 Å². The lowest BCUT2D eigenvalue weighted by atomic mass is 9.84. The number of ketones is 1. The molecule has 4 heterocycles. The number of rotatable bonds is 15. The van der Waals surface area contributed by atoms with Crippen LogP contribution in [-0.4, -0.2) is 140 Å². The van der Waals surface area contributed by atoms with Crippen LogP contribution in [0.15, 0.2) is 97.1 Å². The van der Waals surface area contributed by atoms with Gasteiger partial charge in [-0.3, -0.25) is 24.2 Å². The van der Waals surface area contributed by atoms with E-state index in [9.17, 15) is 28.0 Å². The van der Waals surface area contributed by atoms with Crippen LogP contribution in [0.4, 0.5) is 19.3 Å². The summed E-state index contributed by atoms with van der Waals surface area (Å²) in [5, 5.41) is 6.36. The van der Waals surface area contributed by atoms with E-state index < -0.39 is 23.4 Å². The summed E-state index contributed by atoms with van der Waals surface area (Å²) in [7, 11) is 7.18. The topological polar surface area (TPSA) is 136 Å². The first-order chi connectivity index (χ1) is 34.3. The van der Waals surface area contributed by atoms with Crippen molar-refractivity contribution in [1.82, 2.24) is 29.8 Å². The number of anilines is 1. The monoisotopic (exact) mass is 976 g/mol. The number of amides is 4. The van der Waals surface area contributed by atoms with Crippen LogP contribution in [0.2, 0.25) is 0 Å². The van der Waals surface area contributed by atoms with Gasteiger partial charge in [-0.05, 0) is 163 Å². The number of nitrogens with zero attached hydrogens (tertiary/aromatic N) is 5. The number of halogens is 2. The van der Waals surface area contributed by atoms with Gasteiger partial charge in [0.2, 0.25) is 11.8 Å². The number of likely N-dealkylation sites (tertiary alicyclic amines) is 1. The molecule has 0 aromatic heterocycles. The van der Waals surface area contributed by atoms with Crippen LogP contribution in [0.3, 0.4) is 0 Å². The standard InChI is InChI=1S/C28H33F2N3O4.C27H34N4O3/c1-32-27(14-16-31-17-15-27)25(35)33(18-13-19-3-9-22(36-2)10-4-19)28(32,24(34)20-5-6-20)21-7-11-23(12-8-21)37-26(29)30;1-29-19-31(16-13-20-3-11-24(34-2)12-4-20)25(32)27(29)14-17-30(18-15-27)26(33)28-23-9-7-22(8-10-23)21-5-6-21/h3-4,7-12,20,26,31H,5-6,13-18H2,1-2H3;3-4,7-12,21H,5-6,13-19H2,1-2H3,(H,28,33). The van der Waals surface area contributed by atoms with Crippen LogP contribution >= 0.6 is 0 Å². The molecule has 6 fully saturated rings. The Morgan fingerprint density at radius 2 is 1.27 bits per heavy atom. The van der Waals surface area contributed by atoms with E-state index in [-0.39, 0.29) is 35.3 Å². The lowest BCUT2D eigenvalue weighted by molar-refractivity contribution is -0.147. The molecule has 2 spiro atoms. The third kappa shape index (κ3) is 10.1. The second-order valence-electron chi connectivity index (χ2n) is 20.0.